The molecule has 1 heterocycles. The number of nitrogens with one attached hydrogen (secondary N) is 1. The lowest BCUT2D eigenvalue weighted by Gasteiger charge is -2.36. The molecule has 0 radical (unpaired) electrons. The molecule has 1 aromatic rings. The van der Waals surface area contributed by atoms with E-state index < -0.39 is 0 Å². The molecule has 1 saturated carbocycles. The van der Waals surface area contributed by atoms with Gasteiger partial charge in [-0.2, -0.15) is 0 Å². The minimum absolute atomic E-state index is 0.234. The fourth-order valence-electron chi connectivity index (χ4n) is 3.93. The van der Waals surface area contributed by atoms with Gasteiger partial charge in [-0.1, -0.05) is 49.6 Å². The van der Waals surface area contributed by atoms with Gasteiger partial charge in [0, 0.05) is 19.8 Å². The molecular weight excluding hydrogens is 274 g/mol. The Bertz CT molecular complexity index is 473. The SMILES string of the molecule is O=C(NCC[C@@H]1CCOC1)C1(c2ccccc2)CCCCC1. The van der Waals surface area contributed by atoms with Crippen molar-refractivity contribution in [3.8, 4) is 0 Å². The Kier molecular flexibility index (Phi) is 5.14. The number of hydrogen-bond acceptors (Lipinski definition) is 2. The van der Waals surface area contributed by atoms with Gasteiger partial charge in [-0.25, -0.2) is 0 Å². The first-order chi connectivity index (χ1) is 10.8. The third-order valence-electron chi connectivity index (χ3n) is 5.33. The van der Waals surface area contributed by atoms with E-state index in [2.05, 4.69) is 29.6 Å². The quantitative estimate of drug-likeness (QED) is 0.905. The molecule has 1 aromatic carbocycles. The van der Waals surface area contributed by atoms with Crippen LogP contribution in [0.1, 0.15) is 50.5 Å². The van der Waals surface area contributed by atoms with Crippen LogP contribution in [0.25, 0.3) is 0 Å². The molecule has 1 N–H and O–H groups in total. The second-order valence-corrected chi connectivity index (χ2v) is 6.78. The van der Waals surface area contributed by atoms with Gasteiger partial charge in [0.25, 0.3) is 0 Å². The van der Waals surface area contributed by atoms with Crippen molar-refractivity contribution in [2.45, 2.75) is 50.4 Å². The van der Waals surface area contributed by atoms with Crippen LogP contribution in [0.2, 0.25) is 0 Å². The van der Waals surface area contributed by atoms with E-state index in [1.54, 1.807) is 0 Å². The maximum atomic E-state index is 13.0. The first kappa shape index (κ1) is 15.5. The molecular formula is C19H27NO2. The lowest BCUT2D eigenvalue weighted by atomic mass is 9.68. The Morgan fingerprint density at radius 2 is 1.95 bits per heavy atom. The number of carbonyl (C=O) groups excluding carboxylic acids is 1. The molecule has 1 aliphatic heterocycles. The van der Waals surface area contributed by atoms with Crippen LogP contribution < -0.4 is 5.32 Å². The summed E-state index contributed by atoms with van der Waals surface area (Å²) in [6, 6.07) is 10.4. The van der Waals surface area contributed by atoms with Gasteiger partial charge in [-0.15, -0.1) is 0 Å². The average Bonchev–Trinajstić information content (AvgIpc) is 3.09. The molecule has 1 saturated heterocycles. The number of benzene rings is 1. The summed E-state index contributed by atoms with van der Waals surface area (Å²) in [6.07, 6.45) is 7.69. The molecule has 1 aliphatic carbocycles. The second kappa shape index (κ2) is 7.28. The van der Waals surface area contributed by atoms with Crippen LogP contribution in [0.15, 0.2) is 30.3 Å². The summed E-state index contributed by atoms with van der Waals surface area (Å²) in [4.78, 5) is 13.0. The average molecular weight is 301 g/mol. The molecule has 2 aliphatic rings. The van der Waals surface area contributed by atoms with Crippen molar-refractivity contribution in [2.75, 3.05) is 19.8 Å². The predicted octanol–water partition coefficient (Wildman–Crippen LogP) is 3.43. The van der Waals surface area contributed by atoms with E-state index in [1.807, 2.05) is 6.07 Å². The zero-order chi connectivity index (χ0) is 15.3. The van der Waals surface area contributed by atoms with E-state index in [0.717, 1.165) is 58.3 Å². The highest BCUT2D eigenvalue weighted by Crippen LogP contribution is 2.39. The molecule has 22 heavy (non-hydrogen) atoms. The van der Waals surface area contributed by atoms with Crippen LogP contribution in [-0.4, -0.2) is 25.7 Å². The van der Waals surface area contributed by atoms with Gasteiger partial charge in [0.2, 0.25) is 5.91 Å². The monoisotopic (exact) mass is 301 g/mol. The number of rotatable bonds is 5. The van der Waals surface area contributed by atoms with E-state index in [4.69, 9.17) is 4.74 Å². The summed E-state index contributed by atoms with van der Waals surface area (Å²) in [5.74, 6) is 0.858. The summed E-state index contributed by atoms with van der Waals surface area (Å²) in [6.45, 7) is 2.52. The Labute approximate surface area is 133 Å². The van der Waals surface area contributed by atoms with Crippen LogP contribution in [-0.2, 0) is 14.9 Å². The molecule has 2 fully saturated rings. The van der Waals surface area contributed by atoms with Gasteiger partial charge in [-0.05, 0) is 37.2 Å². The van der Waals surface area contributed by atoms with Crippen LogP contribution in [0, 0.1) is 5.92 Å². The minimum atomic E-state index is -0.300. The molecule has 0 aromatic heterocycles. The predicted molar refractivity (Wildman–Crippen MR) is 87.8 cm³/mol. The van der Waals surface area contributed by atoms with E-state index in [9.17, 15) is 4.79 Å². The highest BCUT2D eigenvalue weighted by atomic mass is 16.5. The van der Waals surface area contributed by atoms with Gasteiger partial charge in [0.05, 0.1) is 5.41 Å². The molecule has 3 rings (SSSR count). The summed E-state index contributed by atoms with van der Waals surface area (Å²) in [7, 11) is 0. The summed E-state index contributed by atoms with van der Waals surface area (Å²) in [5.41, 5.74) is 0.891. The van der Waals surface area contributed by atoms with Crippen LogP contribution in [0.3, 0.4) is 0 Å². The van der Waals surface area contributed by atoms with Gasteiger partial charge >= 0.3 is 0 Å². The van der Waals surface area contributed by atoms with Gasteiger partial charge in [0.1, 0.15) is 0 Å². The molecule has 0 unspecified atom stereocenters. The van der Waals surface area contributed by atoms with Crippen molar-refractivity contribution < 1.29 is 9.53 Å². The Balaban J connectivity index is 1.65. The lowest BCUT2D eigenvalue weighted by Crippen LogP contribution is -2.46. The molecule has 3 heteroatoms. The lowest BCUT2D eigenvalue weighted by molar-refractivity contribution is -0.128. The number of amides is 1. The highest BCUT2D eigenvalue weighted by molar-refractivity contribution is 5.88. The van der Waals surface area contributed by atoms with E-state index in [0.29, 0.717) is 5.92 Å². The van der Waals surface area contributed by atoms with Crippen LogP contribution >= 0.6 is 0 Å². The maximum absolute atomic E-state index is 13.0. The largest absolute Gasteiger partial charge is 0.381 e. The molecule has 1 atom stereocenters. The first-order valence-electron chi connectivity index (χ1n) is 8.73. The van der Waals surface area contributed by atoms with E-state index >= 15 is 0 Å². The van der Waals surface area contributed by atoms with Crippen LogP contribution in [0.4, 0.5) is 0 Å². The van der Waals surface area contributed by atoms with Crippen molar-refractivity contribution in [1.29, 1.82) is 0 Å². The van der Waals surface area contributed by atoms with Gasteiger partial charge in [0.15, 0.2) is 0 Å². The van der Waals surface area contributed by atoms with Crippen molar-refractivity contribution >= 4 is 5.91 Å². The van der Waals surface area contributed by atoms with E-state index in [-0.39, 0.29) is 11.3 Å². The zero-order valence-corrected chi connectivity index (χ0v) is 13.4. The Hall–Kier alpha value is -1.35. The molecule has 120 valence electrons. The molecule has 3 nitrogen and oxygen atoms in total. The van der Waals surface area contributed by atoms with Gasteiger partial charge in [-0.3, -0.25) is 4.79 Å². The molecule has 1 amide bonds. The third kappa shape index (κ3) is 3.35. The van der Waals surface area contributed by atoms with Crippen molar-refractivity contribution in [3.05, 3.63) is 35.9 Å². The fourth-order valence-corrected chi connectivity index (χ4v) is 3.93. The summed E-state index contributed by atoms with van der Waals surface area (Å²) in [5, 5.41) is 3.22. The topological polar surface area (TPSA) is 38.3 Å². The molecule has 0 bridgehead atoms. The number of hydrogen-bond donors (Lipinski definition) is 1. The van der Waals surface area contributed by atoms with Crippen molar-refractivity contribution in [1.82, 2.24) is 5.32 Å². The third-order valence-corrected chi connectivity index (χ3v) is 5.33. The normalized spacial score (nSPS) is 24.1. The van der Waals surface area contributed by atoms with Crippen molar-refractivity contribution in [2.24, 2.45) is 5.92 Å². The Morgan fingerprint density at radius 1 is 1.18 bits per heavy atom. The number of carbonyl (C=O) groups is 1. The van der Waals surface area contributed by atoms with Gasteiger partial charge < -0.3 is 10.1 Å². The highest BCUT2D eigenvalue weighted by Gasteiger charge is 2.40. The minimum Gasteiger partial charge on any atom is -0.381 e. The smallest absolute Gasteiger partial charge is 0.230 e. The standard InChI is InChI=1S/C19H27NO2/c21-18(20-13-9-16-10-14-22-15-16)19(11-5-2-6-12-19)17-7-3-1-4-8-17/h1,3-4,7-8,16H,2,5-6,9-15H2,(H,20,21)/t16-/m1/s1. The van der Waals surface area contributed by atoms with E-state index in [1.165, 1.54) is 12.0 Å². The zero-order valence-electron chi connectivity index (χ0n) is 13.4. The van der Waals surface area contributed by atoms with Crippen LogP contribution in [0.5, 0.6) is 0 Å². The maximum Gasteiger partial charge on any atom is 0.230 e. The Morgan fingerprint density at radius 3 is 2.64 bits per heavy atom. The summed E-state index contributed by atoms with van der Waals surface area (Å²) >= 11 is 0. The van der Waals surface area contributed by atoms with Crippen molar-refractivity contribution in [3.63, 3.8) is 0 Å². The first-order valence-corrected chi connectivity index (χ1v) is 8.73. The summed E-state index contributed by atoms with van der Waals surface area (Å²) < 4.78 is 5.41. The molecule has 0 spiro atoms. The second-order valence-electron chi connectivity index (χ2n) is 6.78. The number of ether oxygens (including phenoxy) is 1. The fraction of sp³-hybridized carbons (Fsp3) is 0.632.